The fourth-order valence-electron chi connectivity index (χ4n) is 7.18. The third-order valence-corrected chi connectivity index (χ3v) is 9.34. The van der Waals surface area contributed by atoms with Crippen LogP contribution in [0.15, 0.2) is 12.1 Å². The number of halogens is 1. The van der Waals surface area contributed by atoms with Crippen LogP contribution in [0.3, 0.4) is 0 Å². The molecule has 0 fully saturated rings. The van der Waals surface area contributed by atoms with Crippen molar-refractivity contribution in [1.29, 1.82) is 0 Å². The lowest BCUT2D eigenvalue weighted by Crippen LogP contribution is -1.96. The summed E-state index contributed by atoms with van der Waals surface area (Å²) < 4.78 is 2.40. The maximum atomic E-state index is 7.54. The highest BCUT2D eigenvalue weighted by Crippen LogP contribution is 2.42. The van der Waals surface area contributed by atoms with E-state index in [9.17, 15) is 0 Å². The van der Waals surface area contributed by atoms with Gasteiger partial charge < -0.3 is 9.55 Å². The molecule has 3 aromatic rings. The third-order valence-electron chi connectivity index (χ3n) is 8.98. The zero-order valence-electron chi connectivity index (χ0n) is 26.2. The molecule has 2 aliphatic heterocycles. The molecule has 4 nitrogen and oxygen atoms in total. The van der Waals surface area contributed by atoms with E-state index in [2.05, 4.69) is 89.2 Å². The zero-order valence-corrected chi connectivity index (χ0v) is 26.9. The monoisotopic (exact) mass is 568 g/mol. The summed E-state index contributed by atoms with van der Waals surface area (Å²) in [4.78, 5) is 14.4. The van der Waals surface area contributed by atoms with Crippen molar-refractivity contribution in [1.82, 2.24) is 19.5 Å². The number of nitrogens with zero attached hydrogens (tertiary/aromatic N) is 3. The molecule has 0 aliphatic carbocycles. The van der Waals surface area contributed by atoms with Gasteiger partial charge in [-0.3, -0.25) is 0 Å². The van der Waals surface area contributed by atoms with Gasteiger partial charge in [0.05, 0.1) is 33.3 Å². The highest BCUT2D eigenvalue weighted by molar-refractivity contribution is 6.36. The normalized spacial score (nSPS) is 13.1. The van der Waals surface area contributed by atoms with E-state index < -0.39 is 0 Å². The first kappa shape index (κ1) is 29.4. The van der Waals surface area contributed by atoms with Gasteiger partial charge >= 0.3 is 0 Å². The quantitative estimate of drug-likeness (QED) is 0.230. The van der Waals surface area contributed by atoms with Gasteiger partial charge in [0.15, 0.2) is 0 Å². The number of H-pyrrole nitrogens is 1. The van der Waals surface area contributed by atoms with Gasteiger partial charge in [0.2, 0.25) is 0 Å². The van der Waals surface area contributed by atoms with Crippen LogP contribution in [-0.2, 0) is 38.6 Å². The molecule has 5 heterocycles. The lowest BCUT2D eigenvalue weighted by atomic mass is 9.95. The molecule has 0 amide bonds. The Hall–Kier alpha value is -3.11. The van der Waals surface area contributed by atoms with Crippen LogP contribution in [0.4, 0.5) is 0 Å². The predicted molar refractivity (Wildman–Crippen MR) is 179 cm³/mol. The average molecular weight is 569 g/mol. The number of hydrogen-bond donors (Lipinski definition) is 1. The molecular formula is C36H45ClN4. The van der Waals surface area contributed by atoms with Crippen molar-refractivity contribution >= 4 is 57.0 Å². The first-order chi connectivity index (χ1) is 19.9. The maximum Gasteiger partial charge on any atom is 0.0905 e. The van der Waals surface area contributed by atoms with E-state index >= 15 is 0 Å². The van der Waals surface area contributed by atoms with Crippen LogP contribution < -0.4 is 0 Å². The van der Waals surface area contributed by atoms with E-state index in [1.165, 1.54) is 50.0 Å². The number of hydrogen-bond acceptors (Lipinski definition) is 2. The molecule has 0 spiro atoms. The second-order valence-corrected chi connectivity index (χ2v) is 11.3. The second-order valence-electron chi connectivity index (χ2n) is 10.9. The van der Waals surface area contributed by atoms with Gasteiger partial charge in [-0.15, -0.1) is 0 Å². The molecule has 2 aliphatic rings. The van der Waals surface area contributed by atoms with Crippen molar-refractivity contribution in [3.63, 3.8) is 0 Å². The Morgan fingerprint density at radius 3 is 1.78 bits per heavy atom. The van der Waals surface area contributed by atoms with Crippen LogP contribution in [-0.4, -0.2) is 19.5 Å². The van der Waals surface area contributed by atoms with E-state index in [-0.39, 0.29) is 0 Å². The molecule has 1 N–H and O–H groups in total. The molecule has 0 aromatic carbocycles. The molecule has 8 bridgehead atoms. The van der Waals surface area contributed by atoms with Gasteiger partial charge in [0, 0.05) is 28.7 Å². The third kappa shape index (κ3) is 4.69. The molecule has 0 saturated carbocycles. The molecule has 5 rings (SSSR count). The molecule has 0 radical (unpaired) electrons. The molecule has 0 atom stereocenters. The minimum Gasteiger partial charge on any atom is -0.355 e. The molecule has 0 saturated heterocycles. The minimum absolute atomic E-state index is 0.778. The van der Waals surface area contributed by atoms with Crippen LogP contribution in [0.25, 0.3) is 45.4 Å². The largest absolute Gasteiger partial charge is 0.355 e. The number of rotatable bonds is 8. The number of allylic oxidation sites excluding steroid dienone is 2. The topological polar surface area (TPSA) is 46.5 Å². The molecule has 3 aromatic heterocycles. The van der Waals surface area contributed by atoms with Gasteiger partial charge in [0.25, 0.3) is 0 Å². The number of aryl methyl sites for hydroxylation is 6. The molecule has 216 valence electrons. The van der Waals surface area contributed by atoms with Crippen LogP contribution in [0, 0.1) is 0 Å². The summed E-state index contributed by atoms with van der Waals surface area (Å²) in [6.45, 7) is 18.8. The van der Waals surface area contributed by atoms with Crippen molar-refractivity contribution < 1.29 is 0 Å². The number of nitrogens with one attached hydrogen (secondary N) is 1. The molecule has 0 unspecified atom stereocenters. The number of aromatic nitrogens is 4. The van der Waals surface area contributed by atoms with Crippen molar-refractivity contribution in [3.05, 3.63) is 67.7 Å². The standard InChI is InChI=1S/C36H45ClN4/c1-9-23-25(11-3)33-29(15-7)34-26(12-4)27(13-5)35(40-34)32(37)36-28(14-6)24(10-2)31(41(36)16-8)20-22-18-17-21(38-22)19-30(23)39-33/h17-20,39H,9-16H2,1-8H3. The van der Waals surface area contributed by atoms with Crippen LogP contribution >= 0.6 is 11.6 Å². The predicted octanol–water partition coefficient (Wildman–Crippen LogP) is 10.2. The summed E-state index contributed by atoms with van der Waals surface area (Å²) in [5, 5.41) is 0.778. The lowest BCUT2D eigenvalue weighted by molar-refractivity contribution is 0.821. The fraction of sp³-hybridized carbons (Fsp3) is 0.444. The summed E-state index contributed by atoms with van der Waals surface area (Å²) in [5.74, 6) is 0. The zero-order chi connectivity index (χ0) is 29.4. The van der Waals surface area contributed by atoms with E-state index in [0.29, 0.717) is 0 Å². The highest BCUT2D eigenvalue weighted by atomic mass is 35.5. The lowest BCUT2D eigenvalue weighted by Gasteiger charge is -2.09. The Morgan fingerprint density at radius 1 is 0.634 bits per heavy atom. The van der Waals surface area contributed by atoms with Gasteiger partial charge in [-0.2, -0.15) is 0 Å². The Bertz CT molecular complexity index is 1730. The van der Waals surface area contributed by atoms with Crippen molar-refractivity contribution in [2.75, 3.05) is 0 Å². The minimum atomic E-state index is 0.778. The van der Waals surface area contributed by atoms with Crippen molar-refractivity contribution in [2.45, 2.75) is 107 Å². The highest BCUT2D eigenvalue weighted by Gasteiger charge is 2.26. The Labute approximate surface area is 250 Å². The van der Waals surface area contributed by atoms with E-state index in [4.69, 9.17) is 21.6 Å². The van der Waals surface area contributed by atoms with Gasteiger partial charge in [-0.05, 0) is 110 Å². The molecular weight excluding hydrogens is 524 g/mol. The average Bonchev–Trinajstić information content (AvgIpc) is 3.74. The Kier molecular flexibility index (Phi) is 8.61. The van der Waals surface area contributed by atoms with E-state index in [1.807, 2.05) is 0 Å². The molecule has 5 heteroatoms. The van der Waals surface area contributed by atoms with Crippen molar-refractivity contribution in [2.24, 2.45) is 0 Å². The second kappa shape index (κ2) is 12.0. The van der Waals surface area contributed by atoms with Crippen LogP contribution in [0.1, 0.15) is 119 Å². The summed E-state index contributed by atoms with van der Waals surface area (Å²) in [6, 6.07) is 4.48. The summed E-state index contributed by atoms with van der Waals surface area (Å²) in [7, 11) is 0. The van der Waals surface area contributed by atoms with E-state index in [1.54, 1.807) is 0 Å². The first-order valence-electron chi connectivity index (χ1n) is 15.8. The fourth-order valence-corrected chi connectivity index (χ4v) is 7.55. The molecule has 41 heavy (non-hydrogen) atoms. The van der Waals surface area contributed by atoms with E-state index in [0.717, 1.165) is 90.3 Å². The van der Waals surface area contributed by atoms with Crippen LogP contribution in [0.5, 0.6) is 0 Å². The summed E-state index contributed by atoms with van der Waals surface area (Å²) in [6.07, 6.45) is 10.8. The Morgan fingerprint density at radius 2 is 1.22 bits per heavy atom. The summed E-state index contributed by atoms with van der Waals surface area (Å²) in [5.41, 5.74) is 18.1. The number of fused-ring (bicyclic) bond motifs is 8. The smallest absolute Gasteiger partial charge is 0.0905 e. The van der Waals surface area contributed by atoms with Gasteiger partial charge in [-0.1, -0.05) is 60.1 Å². The summed E-state index contributed by atoms with van der Waals surface area (Å²) >= 11 is 7.54. The number of aromatic amines is 1. The SMILES string of the molecule is CCC1=C(CC)c2nc1c(CC)c1[nH]c(cc3nc(cc4c(CC)c(CC)c(c2Cl)n4CC)C=C3)c(CC)c1CC. The van der Waals surface area contributed by atoms with Gasteiger partial charge in [0.1, 0.15) is 0 Å². The van der Waals surface area contributed by atoms with Crippen LogP contribution in [0.2, 0.25) is 5.02 Å². The Balaban J connectivity index is 2.13. The first-order valence-corrected chi connectivity index (χ1v) is 16.2. The maximum absolute atomic E-state index is 7.54. The van der Waals surface area contributed by atoms with Gasteiger partial charge in [-0.25, -0.2) is 9.97 Å². The van der Waals surface area contributed by atoms with Crippen molar-refractivity contribution in [3.8, 4) is 0 Å².